The van der Waals surface area contributed by atoms with Crippen molar-refractivity contribution in [3.8, 4) is 0 Å². The zero-order valence-corrected chi connectivity index (χ0v) is 17.0. The van der Waals surface area contributed by atoms with Gasteiger partial charge in [-0.05, 0) is 49.4 Å². The lowest BCUT2D eigenvalue weighted by molar-refractivity contribution is 0.102. The molecule has 6 nitrogen and oxygen atoms in total. The highest BCUT2D eigenvalue weighted by Gasteiger charge is 2.16. The zero-order valence-electron chi connectivity index (χ0n) is 14.6. The lowest BCUT2D eigenvalue weighted by atomic mass is 10.1. The number of rotatable bonds is 5. The maximum Gasteiger partial charge on any atom is 0.261 e. The summed E-state index contributed by atoms with van der Waals surface area (Å²) in [5.74, 6) is -0.974. The van der Waals surface area contributed by atoms with Gasteiger partial charge >= 0.3 is 0 Å². The molecule has 0 saturated heterocycles. The molecular weight excluding hydrogens is 449 g/mol. The number of hydrogen-bond donors (Lipinski definition) is 2. The summed E-state index contributed by atoms with van der Waals surface area (Å²) in [6, 6.07) is 11.8. The molecule has 2 aromatic carbocycles. The second-order valence-corrected chi connectivity index (χ2v) is 8.49. The maximum absolute atomic E-state index is 13.6. The zero-order chi connectivity index (χ0) is 20.3. The van der Waals surface area contributed by atoms with E-state index in [0.29, 0.717) is 11.3 Å². The van der Waals surface area contributed by atoms with Crippen LogP contribution in [0.2, 0.25) is 0 Å². The first-order valence-corrected chi connectivity index (χ1v) is 10.3. The van der Waals surface area contributed by atoms with Crippen LogP contribution in [0, 0.1) is 12.7 Å². The summed E-state index contributed by atoms with van der Waals surface area (Å²) < 4.78 is 41.7. The summed E-state index contributed by atoms with van der Waals surface area (Å²) in [4.78, 5) is 16.4. The first-order chi connectivity index (χ1) is 13.3. The van der Waals surface area contributed by atoms with E-state index in [1.54, 1.807) is 25.1 Å². The number of amides is 1. The van der Waals surface area contributed by atoms with E-state index in [1.807, 2.05) is 0 Å². The van der Waals surface area contributed by atoms with Crippen LogP contribution in [-0.2, 0) is 10.0 Å². The molecular formula is C19H15BrFN3O3S. The van der Waals surface area contributed by atoms with Crippen LogP contribution >= 0.6 is 15.9 Å². The van der Waals surface area contributed by atoms with Gasteiger partial charge in [0.2, 0.25) is 0 Å². The molecule has 9 heteroatoms. The van der Waals surface area contributed by atoms with Gasteiger partial charge in [-0.3, -0.25) is 14.5 Å². The molecule has 0 fully saturated rings. The van der Waals surface area contributed by atoms with Gasteiger partial charge in [0.25, 0.3) is 15.9 Å². The van der Waals surface area contributed by atoms with Gasteiger partial charge in [0.05, 0.1) is 22.3 Å². The number of halogens is 2. The monoisotopic (exact) mass is 463 g/mol. The van der Waals surface area contributed by atoms with Crippen LogP contribution in [0.5, 0.6) is 0 Å². The Morgan fingerprint density at radius 1 is 1.11 bits per heavy atom. The average molecular weight is 464 g/mol. The SMILES string of the molecule is Cc1c(F)cccc1NC(=O)c1cncc(NS(=O)(=O)c2ccc(Br)cc2)c1. The van der Waals surface area contributed by atoms with Crippen molar-refractivity contribution in [1.29, 1.82) is 0 Å². The van der Waals surface area contributed by atoms with Crippen molar-refractivity contribution in [2.24, 2.45) is 0 Å². The largest absolute Gasteiger partial charge is 0.322 e. The molecule has 3 aromatic rings. The van der Waals surface area contributed by atoms with Crippen molar-refractivity contribution < 1.29 is 17.6 Å². The molecule has 0 unspecified atom stereocenters. The molecule has 0 saturated carbocycles. The third-order valence-corrected chi connectivity index (χ3v) is 5.82. The molecule has 0 radical (unpaired) electrons. The van der Waals surface area contributed by atoms with Gasteiger partial charge < -0.3 is 5.32 Å². The molecule has 3 rings (SSSR count). The van der Waals surface area contributed by atoms with Gasteiger partial charge in [0.1, 0.15) is 5.82 Å². The molecule has 0 spiro atoms. The van der Waals surface area contributed by atoms with E-state index in [0.717, 1.165) is 4.47 Å². The Labute approximate surface area is 170 Å². The Kier molecular flexibility index (Phi) is 5.76. The molecule has 1 heterocycles. The highest BCUT2D eigenvalue weighted by molar-refractivity contribution is 9.10. The fourth-order valence-electron chi connectivity index (χ4n) is 2.39. The summed E-state index contributed by atoms with van der Waals surface area (Å²) in [6.45, 7) is 1.55. The lowest BCUT2D eigenvalue weighted by Crippen LogP contribution is -2.16. The van der Waals surface area contributed by atoms with Gasteiger partial charge in [-0.1, -0.05) is 22.0 Å². The van der Waals surface area contributed by atoms with Crippen molar-refractivity contribution in [3.05, 3.63) is 82.3 Å². The van der Waals surface area contributed by atoms with Gasteiger partial charge in [-0.25, -0.2) is 12.8 Å². The minimum Gasteiger partial charge on any atom is -0.322 e. The predicted molar refractivity (Wildman–Crippen MR) is 108 cm³/mol. The quantitative estimate of drug-likeness (QED) is 0.588. The average Bonchev–Trinajstić information content (AvgIpc) is 2.65. The van der Waals surface area contributed by atoms with Crippen molar-refractivity contribution in [2.75, 3.05) is 10.0 Å². The molecule has 2 N–H and O–H groups in total. The van der Waals surface area contributed by atoms with Crippen LogP contribution in [0.3, 0.4) is 0 Å². The van der Waals surface area contributed by atoms with Crippen LogP contribution in [-0.4, -0.2) is 19.3 Å². The van der Waals surface area contributed by atoms with Crippen LogP contribution in [0.1, 0.15) is 15.9 Å². The van der Waals surface area contributed by atoms with Crippen LogP contribution < -0.4 is 10.0 Å². The van der Waals surface area contributed by atoms with Crippen LogP contribution in [0.4, 0.5) is 15.8 Å². The van der Waals surface area contributed by atoms with E-state index in [4.69, 9.17) is 0 Å². The Hall–Kier alpha value is -2.78. The van der Waals surface area contributed by atoms with Gasteiger partial charge in [-0.15, -0.1) is 0 Å². The summed E-state index contributed by atoms with van der Waals surface area (Å²) in [7, 11) is -3.84. The minimum atomic E-state index is -3.84. The van der Waals surface area contributed by atoms with E-state index >= 15 is 0 Å². The van der Waals surface area contributed by atoms with Crippen molar-refractivity contribution in [2.45, 2.75) is 11.8 Å². The van der Waals surface area contributed by atoms with Crippen molar-refractivity contribution in [1.82, 2.24) is 4.98 Å². The molecule has 1 aromatic heterocycles. The fraction of sp³-hybridized carbons (Fsp3) is 0.0526. The van der Waals surface area contributed by atoms with Crippen molar-refractivity contribution in [3.63, 3.8) is 0 Å². The third kappa shape index (κ3) is 4.55. The van der Waals surface area contributed by atoms with Crippen LogP contribution in [0.25, 0.3) is 0 Å². The Morgan fingerprint density at radius 3 is 2.54 bits per heavy atom. The summed E-state index contributed by atoms with van der Waals surface area (Å²) >= 11 is 3.25. The van der Waals surface area contributed by atoms with Crippen molar-refractivity contribution >= 4 is 43.2 Å². The Morgan fingerprint density at radius 2 is 1.82 bits per heavy atom. The van der Waals surface area contributed by atoms with E-state index in [1.165, 1.54) is 42.7 Å². The topological polar surface area (TPSA) is 88.2 Å². The molecule has 0 aliphatic rings. The standard InChI is InChI=1S/C19H15BrFN3O3S/c1-12-17(21)3-2-4-18(12)23-19(25)13-9-15(11-22-10-13)24-28(26,27)16-7-5-14(20)6-8-16/h2-11,24H,1H3,(H,23,25). The molecule has 0 aliphatic heterocycles. The number of aromatic nitrogens is 1. The predicted octanol–water partition coefficient (Wildman–Crippen LogP) is 4.34. The number of anilines is 2. The highest BCUT2D eigenvalue weighted by atomic mass is 79.9. The van der Waals surface area contributed by atoms with E-state index in [-0.39, 0.29) is 16.1 Å². The molecule has 28 heavy (non-hydrogen) atoms. The number of carbonyl (C=O) groups excluding carboxylic acids is 1. The second-order valence-electron chi connectivity index (χ2n) is 5.89. The van der Waals surface area contributed by atoms with Gasteiger partial charge in [-0.2, -0.15) is 0 Å². The summed E-state index contributed by atoms with van der Waals surface area (Å²) in [5.41, 5.74) is 0.882. The number of carbonyl (C=O) groups is 1. The van der Waals surface area contributed by atoms with Gasteiger partial charge in [0.15, 0.2) is 0 Å². The number of pyridine rings is 1. The molecule has 144 valence electrons. The smallest absolute Gasteiger partial charge is 0.261 e. The third-order valence-electron chi connectivity index (χ3n) is 3.89. The van der Waals surface area contributed by atoms with Gasteiger partial charge in [0, 0.05) is 21.9 Å². The molecule has 0 bridgehead atoms. The van der Waals surface area contributed by atoms with E-state index < -0.39 is 21.7 Å². The number of nitrogens with zero attached hydrogens (tertiary/aromatic N) is 1. The number of hydrogen-bond acceptors (Lipinski definition) is 4. The number of benzene rings is 2. The maximum atomic E-state index is 13.6. The number of nitrogens with one attached hydrogen (secondary N) is 2. The minimum absolute atomic E-state index is 0.0703. The first-order valence-electron chi connectivity index (χ1n) is 8.06. The highest BCUT2D eigenvalue weighted by Crippen LogP contribution is 2.21. The first kappa shape index (κ1) is 20.0. The lowest BCUT2D eigenvalue weighted by Gasteiger charge is -2.11. The van der Waals surface area contributed by atoms with E-state index in [9.17, 15) is 17.6 Å². The molecule has 1 amide bonds. The summed E-state index contributed by atoms with van der Waals surface area (Å²) in [5, 5.41) is 2.59. The fourth-order valence-corrected chi connectivity index (χ4v) is 3.68. The van der Waals surface area contributed by atoms with Crippen LogP contribution in [0.15, 0.2) is 70.3 Å². The Balaban J connectivity index is 1.81. The normalized spacial score (nSPS) is 11.1. The summed E-state index contributed by atoms with van der Waals surface area (Å²) in [6.07, 6.45) is 2.59. The van der Waals surface area contributed by atoms with E-state index in [2.05, 4.69) is 31.0 Å². The molecule has 0 atom stereocenters. The number of sulfonamides is 1. The Bertz CT molecular complexity index is 1140. The second kappa shape index (κ2) is 8.07. The molecule has 0 aliphatic carbocycles.